The second-order valence-electron chi connectivity index (χ2n) is 7.03. The van der Waals surface area contributed by atoms with Crippen molar-refractivity contribution in [3.63, 3.8) is 0 Å². The van der Waals surface area contributed by atoms with Crippen LogP contribution in [0.3, 0.4) is 0 Å². The molecular formula is C24H23N3O2S. The van der Waals surface area contributed by atoms with Crippen molar-refractivity contribution in [1.82, 2.24) is 14.5 Å². The van der Waals surface area contributed by atoms with Crippen LogP contribution in [0.15, 0.2) is 72.1 Å². The van der Waals surface area contributed by atoms with Crippen molar-refractivity contribution in [2.24, 2.45) is 0 Å². The molecule has 4 rings (SSSR count). The van der Waals surface area contributed by atoms with E-state index < -0.39 is 0 Å². The number of fused-ring (bicyclic) bond motifs is 1. The van der Waals surface area contributed by atoms with Crippen LogP contribution in [0.25, 0.3) is 27.8 Å². The number of hydrogen-bond acceptors (Lipinski definition) is 5. The number of hydrogen-bond donors (Lipinski definition) is 0. The van der Waals surface area contributed by atoms with Crippen molar-refractivity contribution in [2.75, 3.05) is 7.11 Å². The molecule has 0 saturated heterocycles. The molecule has 2 aromatic carbocycles. The van der Waals surface area contributed by atoms with Gasteiger partial charge in [0.2, 0.25) is 0 Å². The van der Waals surface area contributed by atoms with Gasteiger partial charge in [0, 0.05) is 17.4 Å². The second kappa shape index (κ2) is 8.71. The molecule has 2 aromatic heterocycles. The van der Waals surface area contributed by atoms with Gasteiger partial charge in [-0.15, -0.1) is 0 Å². The highest BCUT2D eigenvalue weighted by Crippen LogP contribution is 2.38. The lowest BCUT2D eigenvalue weighted by Crippen LogP contribution is -2.17. The number of thioether (sulfide) groups is 1. The zero-order chi connectivity index (χ0) is 21.1. The normalized spacial score (nSPS) is 12.1. The van der Waals surface area contributed by atoms with Gasteiger partial charge in [0.05, 0.1) is 12.5 Å². The molecule has 2 heterocycles. The first kappa shape index (κ1) is 20.2. The average Bonchev–Trinajstić information content (AvgIpc) is 3.18. The minimum atomic E-state index is -0.320. The maximum Gasteiger partial charge on any atom is 0.319 e. The summed E-state index contributed by atoms with van der Waals surface area (Å²) in [6, 6.07) is 18.5. The van der Waals surface area contributed by atoms with Crippen molar-refractivity contribution in [2.45, 2.75) is 30.5 Å². The topological polar surface area (TPSA) is 57.0 Å². The van der Waals surface area contributed by atoms with Crippen LogP contribution in [-0.4, -0.2) is 32.9 Å². The highest BCUT2D eigenvalue weighted by Gasteiger charge is 2.23. The van der Waals surface area contributed by atoms with Crippen LogP contribution in [0.4, 0.5) is 0 Å². The van der Waals surface area contributed by atoms with Gasteiger partial charge in [-0.25, -0.2) is 9.97 Å². The van der Waals surface area contributed by atoms with Gasteiger partial charge in [0.1, 0.15) is 22.3 Å². The fourth-order valence-electron chi connectivity index (χ4n) is 3.50. The molecule has 0 unspecified atom stereocenters. The van der Waals surface area contributed by atoms with Gasteiger partial charge < -0.3 is 9.30 Å². The summed E-state index contributed by atoms with van der Waals surface area (Å²) in [6.07, 6.45) is 4.32. The Morgan fingerprint density at radius 1 is 1.13 bits per heavy atom. The van der Waals surface area contributed by atoms with Crippen LogP contribution in [0.1, 0.15) is 18.9 Å². The molecule has 0 amide bonds. The smallest absolute Gasteiger partial charge is 0.319 e. The number of methoxy groups -OCH3 is 1. The van der Waals surface area contributed by atoms with Crippen LogP contribution < -0.4 is 0 Å². The van der Waals surface area contributed by atoms with Crippen LogP contribution in [0.5, 0.6) is 0 Å². The molecule has 0 radical (unpaired) electrons. The molecule has 152 valence electrons. The highest BCUT2D eigenvalue weighted by atomic mass is 32.2. The number of carbonyl (C=O) groups is 1. The summed E-state index contributed by atoms with van der Waals surface area (Å²) in [6.45, 7) is 4.05. The van der Waals surface area contributed by atoms with Crippen molar-refractivity contribution < 1.29 is 9.53 Å². The SMILES string of the molecule is CC[C@H](Sc1ncnc2c1c(-c1ccccc1)cn2-c1cccc(C)c1)C(=O)OC. The predicted molar refractivity (Wildman–Crippen MR) is 121 cm³/mol. The Bertz CT molecular complexity index is 1190. The highest BCUT2D eigenvalue weighted by molar-refractivity contribution is 8.00. The first-order chi connectivity index (χ1) is 14.6. The van der Waals surface area contributed by atoms with Crippen molar-refractivity contribution in [3.8, 4) is 16.8 Å². The molecule has 1 atom stereocenters. The molecule has 30 heavy (non-hydrogen) atoms. The first-order valence-electron chi connectivity index (χ1n) is 9.85. The van der Waals surface area contributed by atoms with Gasteiger partial charge in [-0.1, -0.05) is 61.2 Å². The molecule has 0 bridgehead atoms. The van der Waals surface area contributed by atoms with Gasteiger partial charge in [-0.05, 0) is 36.6 Å². The summed E-state index contributed by atoms with van der Waals surface area (Å²) < 4.78 is 7.07. The number of aryl methyl sites for hydroxylation is 1. The summed E-state index contributed by atoms with van der Waals surface area (Å²) in [7, 11) is 1.42. The summed E-state index contributed by atoms with van der Waals surface area (Å²) in [5.74, 6) is -0.242. The number of benzene rings is 2. The molecule has 0 aliphatic rings. The minimum Gasteiger partial charge on any atom is -0.468 e. The zero-order valence-electron chi connectivity index (χ0n) is 17.2. The van der Waals surface area contributed by atoms with Crippen LogP contribution in [0.2, 0.25) is 0 Å². The van der Waals surface area contributed by atoms with E-state index in [0.717, 1.165) is 32.9 Å². The molecule has 0 aliphatic carbocycles. The van der Waals surface area contributed by atoms with Gasteiger partial charge in [-0.3, -0.25) is 4.79 Å². The fraction of sp³-hybridized carbons (Fsp3) is 0.208. The Hall–Kier alpha value is -3.12. The maximum atomic E-state index is 12.2. The summed E-state index contributed by atoms with van der Waals surface area (Å²) in [5.41, 5.74) is 5.15. The minimum absolute atomic E-state index is 0.242. The van der Waals surface area contributed by atoms with E-state index in [9.17, 15) is 4.79 Å². The van der Waals surface area contributed by atoms with E-state index in [0.29, 0.717) is 6.42 Å². The van der Waals surface area contributed by atoms with E-state index in [4.69, 9.17) is 4.74 Å². The predicted octanol–water partition coefficient (Wildman–Crippen LogP) is 5.44. The number of carbonyl (C=O) groups excluding carboxylic acids is 1. The summed E-state index contributed by atoms with van der Waals surface area (Å²) in [4.78, 5) is 21.4. The molecular weight excluding hydrogens is 394 g/mol. The fourth-order valence-corrected chi connectivity index (χ4v) is 4.55. The largest absolute Gasteiger partial charge is 0.468 e. The standard InChI is InChI=1S/C24H23N3O2S/c1-4-20(24(28)29-3)30-23-21-19(17-10-6-5-7-11-17)14-27(22(21)25-15-26-23)18-12-8-9-16(2)13-18/h5-15,20H,4H2,1-3H3/t20-/m0/s1. The van der Waals surface area contributed by atoms with E-state index in [1.54, 1.807) is 6.33 Å². The Labute approximate surface area is 180 Å². The Kier molecular flexibility index (Phi) is 5.86. The van der Waals surface area contributed by atoms with E-state index in [1.165, 1.54) is 24.4 Å². The lowest BCUT2D eigenvalue weighted by atomic mass is 10.1. The van der Waals surface area contributed by atoms with Crippen LogP contribution in [-0.2, 0) is 9.53 Å². The Morgan fingerprint density at radius 3 is 2.63 bits per heavy atom. The Morgan fingerprint density at radius 2 is 1.93 bits per heavy atom. The number of esters is 1. The molecule has 5 nitrogen and oxygen atoms in total. The van der Waals surface area contributed by atoms with E-state index in [-0.39, 0.29) is 11.2 Å². The van der Waals surface area contributed by atoms with E-state index in [2.05, 4.69) is 58.0 Å². The summed E-state index contributed by atoms with van der Waals surface area (Å²) in [5, 5.41) is 1.40. The number of rotatable bonds is 6. The van der Waals surface area contributed by atoms with Crippen molar-refractivity contribution in [1.29, 1.82) is 0 Å². The van der Waals surface area contributed by atoms with Gasteiger partial charge >= 0.3 is 5.97 Å². The van der Waals surface area contributed by atoms with Gasteiger partial charge in [0.15, 0.2) is 0 Å². The molecule has 4 aromatic rings. The van der Waals surface area contributed by atoms with Crippen molar-refractivity contribution >= 4 is 28.8 Å². The van der Waals surface area contributed by atoms with E-state index >= 15 is 0 Å². The number of ether oxygens (including phenoxy) is 1. The molecule has 0 aliphatic heterocycles. The second-order valence-corrected chi connectivity index (χ2v) is 8.22. The molecule has 0 saturated carbocycles. The lowest BCUT2D eigenvalue weighted by Gasteiger charge is -2.12. The molecule has 0 spiro atoms. The third-order valence-corrected chi connectivity index (χ3v) is 6.34. The Balaban J connectivity index is 1.95. The lowest BCUT2D eigenvalue weighted by molar-refractivity contribution is -0.140. The first-order valence-corrected chi connectivity index (χ1v) is 10.7. The van der Waals surface area contributed by atoms with Gasteiger partial charge in [0.25, 0.3) is 0 Å². The summed E-state index contributed by atoms with van der Waals surface area (Å²) >= 11 is 1.43. The van der Waals surface area contributed by atoms with E-state index in [1.807, 2.05) is 31.2 Å². The van der Waals surface area contributed by atoms with Crippen molar-refractivity contribution in [3.05, 3.63) is 72.7 Å². The monoisotopic (exact) mass is 417 g/mol. The molecule has 6 heteroatoms. The average molecular weight is 418 g/mol. The third kappa shape index (κ3) is 3.83. The maximum absolute atomic E-state index is 12.2. The number of nitrogens with zero attached hydrogens (tertiary/aromatic N) is 3. The zero-order valence-corrected chi connectivity index (χ0v) is 18.0. The van der Waals surface area contributed by atoms with Crippen LogP contribution >= 0.6 is 11.8 Å². The van der Waals surface area contributed by atoms with Gasteiger partial charge in [-0.2, -0.15) is 0 Å². The van der Waals surface area contributed by atoms with Crippen LogP contribution in [0, 0.1) is 6.92 Å². The molecule has 0 N–H and O–H groups in total. The quantitative estimate of drug-likeness (QED) is 0.238. The molecule has 0 fully saturated rings. The number of aromatic nitrogens is 3. The third-order valence-electron chi connectivity index (χ3n) is 5.00.